The molecule has 0 saturated carbocycles. The van der Waals surface area contributed by atoms with Crippen molar-refractivity contribution in [1.29, 1.82) is 0 Å². The smallest absolute Gasteiger partial charge is 0.0942 e. The average molecular weight is 195 g/mol. The van der Waals surface area contributed by atoms with E-state index in [0.29, 0.717) is 6.54 Å². The Kier molecular flexibility index (Phi) is 4.43. The molecular formula is C11H17NO2. The summed E-state index contributed by atoms with van der Waals surface area (Å²) in [5.74, 6) is 0. The second kappa shape index (κ2) is 5.62. The van der Waals surface area contributed by atoms with Crippen LogP contribution in [0.15, 0.2) is 24.3 Å². The molecule has 0 aliphatic carbocycles. The van der Waals surface area contributed by atoms with Gasteiger partial charge in [0.2, 0.25) is 0 Å². The first-order valence-corrected chi connectivity index (χ1v) is 4.88. The molecular weight excluding hydrogens is 178 g/mol. The number of aliphatic hydroxyl groups excluding tert-OH is 2. The molecule has 0 saturated heterocycles. The Bertz CT molecular complexity index is 276. The van der Waals surface area contributed by atoms with Crippen LogP contribution in [0.3, 0.4) is 0 Å². The summed E-state index contributed by atoms with van der Waals surface area (Å²) in [5.41, 5.74) is 2.25. The molecule has 1 aromatic rings. The van der Waals surface area contributed by atoms with Gasteiger partial charge in [0.05, 0.1) is 12.7 Å². The van der Waals surface area contributed by atoms with Gasteiger partial charge in [-0.25, -0.2) is 0 Å². The van der Waals surface area contributed by atoms with Gasteiger partial charge in [-0.3, -0.25) is 0 Å². The normalized spacial score (nSPS) is 12.5. The van der Waals surface area contributed by atoms with Gasteiger partial charge >= 0.3 is 0 Å². The number of nitrogens with one attached hydrogen (secondary N) is 1. The second-order valence-corrected chi connectivity index (χ2v) is 3.23. The van der Waals surface area contributed by atoms with Gasteiger partial charge in [-0.05, 0) is 18.1 Å². The first-order valence-electron chi connectivity index (χ1n) is 4.88. The zero-order valence-corrected chi connectivity index (χ0v) is 8.40. The van der Waals surface area contributed by atoms with Crippen molar-refractivity contribution >= 4 is 5.69 Å². The highest BCUT2D eigenvalue weighted by Crippen LogP contribution is 2.14. The lowest BCUT2D eigenvalue weighted by Crippen LogP contribution is -2.23. The van der Waals surface area contributed by atoms with Gasteiger partial charge in [-0.2, -0.15) is 0 Å². The monoisotopic (exact) mass is 195 g/mol. The molecule has 0 radical (unpaired) electrons. The summed E-state index contributed by atoms with van der Waals surface area (Å²) in [6.07, 6.45) is 0.262. The molecule has 3 N–H and O–H groups in total. The Labute approximate surface area is 84.4 Å². The first kappa shape index (κ1) is 11.0. The number of anilines is 1. The zero-order valence-electron chi connectivity index (χ0n) is 8.40. The fraction of sp³-hybridized carbons (Fsp3) is 0.455. The summed E-state index contributed by atoms with van der Waals surface area (Å²) in [5, 5.41) is 20.9. The lowest BCUT2D eigenvalue weighted by atomic mass is 10.1. The molecule has 0 spiro atoms. The summed E-state index contributed by atoms with van der Waals surface area (Å²) in [4.78, 5) is 0. The van der Waals surface area contributed by atoms with Crippen LogP contribution in [-0.2, 0) is 6.42 Å². The van der Waals surface area contributed by atoms with Crippen LogP contribution in [0.1, 0.15) is 12.5 Å². The van der Waals surface area contributed by atoms with Crippen LogP contribution in [0.25, 0.3) is 0 Å². The molecule has 0 amide bonds. The van der Waals surface area contributed by atoms with E-state index in [-0.39, 0.29) is 6.61 Å². The number of hydrogen-bond donors (Lipinski definition) is 3. The summed E-state index contributed by atoms with van der Waals surface area (Å²) < 4.78 is 0. The van der Waals surface area contributed by atoms with Gasteiger partial charge in [-0.1, -0.05) is 25.1 Å². The van der Waals surface area contributed by atoms with Gasteiger partial charge in [0.25, 0.3) is 0 Å². The predicted octanol–water partition coefficient (Wildman–Crippen LogP) is 1.01. The fourth-order valence-electron chi connectivity index (χ4n) is 1.29. The van der Waals surface area contributed by atoms with Gasteiger partial charge in [-0.15, -0.1) is 0 Å². The molecule has 1 rings (SSSR count). The minimum atomic E-state index is -0.695. The zero-order chi connectivity index (χ0) is 10.4. The predicted molar refractivity (Wildman–Crippen MR) is 57.4 cm³/mol. The van der Waals surface area contributed by atoms with E-state index < -0.39 is 6.10 Å². The molecule has 1 aromatic carbocycles. The van der Waals surface area contributed by atoms with Crippen LogP contribution in [0.4, 0.5) is 5.69 Å². The standard InChI is InChI=1S/C11H17NO2/c1-2-9-5-3-4-6-11(9)12-7-10(14)8-13/h3-6,10,12-14H,2,7-8H2,1H3. The first-order chi connectivity index (χ1) is 6.77. The Hall–Kier alpha value is -1.06. The maximum absolute atomic E-state index is 9.17. The quantitative estimate of drug-likeness (QED) is 0.657. The topological polar surface area (TPSA) is 52.5 Å². The lowest BCUT2D eigenvalue weighted by molar-refractivity contribution is 0.105. The summed E-state index contributed by atoms with van der Waals surface area (Å²) >= 11 is 0. The maximum atomic E-state index is 9.17. The molecule has 0 aliphatic rings. The van der Waals surface area contributed by atoms with Crippen molar-refractivity contribution in [3.63, 3.8) is 0 Å². The molecule has 0 heterocycles. The molecule has 0 bridgehead atoms. The van der Waals surface area contributed by atoms with Gasteiger partial charge < -0.3 is 15.5 Å². The summed E-state index contributed by atoms with van der Waals surface area (Å²) in [7, 11) is 0. The highest BCUT2D eigenvalue weighted by Gasteiger charge is 2.03. The van der Waals surface area contributed by atoms with Crippen LogP contribution in [0.2, 0.25) is 0 Å². The number of para-hydroxylation sites is 1. The van der Waals surface area contributed by atoms with E-state index in [0.717, 1.165) is 12.1 Å². The summed E-state index contributed by atoms with van der Waals surface area (Å²) in [6.45, 7) is 2.26. The number of hydrogen-bond acceptors (Lipinski definition) is 3. The molecule has 14 heavy (non-hydrogen) atoms. The maximum Gasteiger partial charge on any atom is 0.0942 e. The number of aliphatic hydroxyl groups is 2. The molecule has 0 fully saturated rings. The molecule has 1 unspecified atom stereocenters. The minimum absolute atomic E-state index is 0.207. The Balaban J connectivity index is 2.57. The lowest BCUT2D eigenvalue weighted by Gasteiger charge is -2.13. The second-order valence-electron chi connectivity index (χ2n) is 3.23. The highest BCUT2D eigenvalue weighted by atomic mass is 16.3. The van der Waals surface area contributed by atoms with Crippen molar-refractivity contribution in [3.8, 4) is 0 Å². The Morgan fingerprint density at radius 2 is 2.07 bits per heavy atom. The third-order valence-electron chi connectivity index (χ3n) is 2.14. The minimum Gasteiger partial charge on any atom is -0.394 e. The number of rotatable bonds is 5. The molecule has 78 valence electrons. The fourth-order valence-corrected chi connectivity index (χ4v) is 1.29. The van der Waals surface area contributed by atoms with Crippen molar-refractivity contribution in [1.82, 2.24) is 0 Å². The van der Waals surface area contributed by atoms with Crippen molar-refractivity contribution < 1.29 is 10.2 Å². The van der Waals surface area contributed by atoms with Crippen LogP contribution in [0, 0.1) is 0 Å². The van der Waals surface area contributed by atoms with E-state index >= 15 is 0 Å². The van der Waals surface area contributed by atoms with Crippen molar-refractivity contribution in [2.75, 3.05) is 18.5 Å². The number of benzene rings is 1. The van der Waals surface area contributed by atoms with E-state index in [9.17, 15) is 5.11 Å². The van der Waals surface area contributed by atoms with Crippen LogP contribution in [-0.4, -0.2) is 29.5 Å². The third-order valence-corrected chi connectivity index (χ3v) is 2.14. The van der Waals surface area contributed by atoms with E-state index in [1.165, 1.54) is 5.56 Å². The Morgan fingerprint density at radius 1 is 1.36 bits per heavy atom. The SMILES string of the molecule is CCc1ccccc1NCC(O)CO. The van der Waals surface area contributed by atoms with Crippen LogP contribution < -0.4 is 5.32 Å². The van der Waals surface area contributed by atoms with Gasteiger partial charge in [0.15, 0.2) is 0 Å². The van der Waals surface area contributed by atoms with E-state index in [4.69, 9.17) is 5.11 Å². The van der Waals surface area contributed by atoms with Gasteiger partial charge in [0, 0.05) is 12.2 Å². The molecule has 3 heteroatoms. The third kappa shape index (κ3) is 3.01. The largest absolute Gasteiger partial charge is 0.394 e. The van der Waals surface area contributed by atoms with E-state index in [2.05, 4.69) is 12.2 Å². The molecule has 0 aliphatic heterocycles. The van der Waals surface area contributed by atoms with Crippen molar-refractivity contribution in [2.24, 2.45) is 0 Å². The number of aryl methyl sites for hydroxylation is 1. The van der Waals surface area contributed by atoms with Crippen molar-refractivity contribution in [2.45, 2.75) is 19.4 Å². The highest BCUT2D eigenvalue weighted by molar-refractivity contribution is 5.51. The van der Waals surface area contributed by atoms with Crippen LogP contribution >= 0.6 is 0 Å². The molecule has 1 atom stereocenters. The molecule has 0 aromatic heterocycles. The Morgan fingerprint density at radius 3 is 2.71 bits per heavy atom. The van der Waals surface area contributed by atoms with Gasteiger partial charge in [0.1, 0.15) is 0 Å². The van der Waals surface area contributed by atoms with E-state index in [1.54, 1.807) is 0 Å². The van der Waals surface area contributed by atoms with Crippen molar-refractivity contribution in [3.05, 3.63) is 29.8 Å². The molecule has 3 nitrogen and oxygen atoms in total. The van der Waals surface area contributed by atoms with E-state index in [1.807, 2.05) is 24.3 Å². The average Bonchev–Trinajstić information content (AvgIpc) is 2.26. The van der Waals surface area contributed by atoms with Crippen LogP contribution in [0.5, 0.6) is 0 Å². The summed E-state index contributed by atoms with van der Waals surface area (Å²) in [6, 6.07) is 7.97.